The third-order valence-electron chi connectivity index (χ3n) is 5.95. The van der Waals surface area contributed by atoms with Gasteiger partial charge >= 0.3 is 11.8 Å². The Morgan fingerprint density at radius 1 is 1.26 bits per heavy atom. The molecule has 1 amide bonds. The SMILES string of the molecule is CC(C)(C)[Si](C)(C)OC1(n2c(=O)[nH]c3ccccc32)CCCCN1C(=O)O. The van der Waals surface area contributed by atoms with E-state index in [1.807, 2.05) is 24.3 Å². The maximum atomic E-state index is 13.0. The number of nitrogens with one attached hydrogen (secondary N) is 1. The maximum Gasteiger partial charge on any atom is 0.411 e. The second-order valence-corrected chi connectivity index (χ2v) is 13.5. The highest BCUT2D eigenvalue weighted by atomic mass is 28.4. The van der Waals surface area contributed by atoms with E-state index in [0.717, 1.165) is 12.8 Å². The Hall–Kier alpha value is -2.06. The molecule has 1 aliphatic heterocycles. The van der Waals surface area contributed by atoms with Gasteiger partial charge in [0.25, 0.3) is 0 Å². The Balaban J connectivity index is 2.29. The standard InChI is InChI=1S/C19H29N3O4Si/c1-18(2,3)27(4,5)26-19(12-8-9-13-21(19)17(24)25)22-15-11-7-6-10-14(15)20-16(22)23/h6-7,10-11H,8-9,12-13H2,1-5H3,(H,20,23)(H,24,25). The number of carboxylic acid groups (broad SMARTS) is 1. The van der Waals surface area contributed by atoms with Gasteiger partial charge in [-0.25, -0.2) is 14.2 Å². The fourth-order valence-electron chi connectivity index (χ4n) is 3.53. The number of rotatable bonds is 3. The predicted molar refractivity (Wildman–Crippen MR) is 107 cm³/mol. The van der Waals surface area contributed by atoms with E-state index in [1.54, 1.807) is 0 Å². The van der Waals surface area contributed by atoms with Crippen LogP contribution < -0.4 is 5.69 Å². The summed E-state index contributed by atoms with van der Waals surface area (Å²) < 4.78 is 8.29. The van der Waals surface area contributed by atoms with Crippen LogP contribution >= 0.6 is 0 Å². The first-order chi connectivity index (χ1) is 12.5. The molecule has 1 atom stereocenters. The third-order valence-corrected chi connectivity index (χ3v) is 10.4. The van der Waals surface area contributed by atoms with Crippen LogP contribution in [-0.4, -0.2) is 40.5 Å². The number of nitrogens with zero attached hydrogens (tertiary/aromatic N) is 2. The zero-order chi connectivity index (χ0) is 20.0. The monoisotopic (exact) mass is 391 g/mol. The van der Waals surface area contributed by atoms with Gasteiger partial charge in [0.15, 0.2) is 8.32 Å². The minimum atomic E-state index is -2.40. The number of aromatic nitrogens is 2. The number of hydrogen-bond donors (Lipinski definition) is 2. The molecule has 0 bridgehead atoms. The van der Waals surface area contributed by atoms with Gasteiger partial charge in [0.2, 0.25) is 5.85 Å². The predicted octanol–water partition coefficient (Wildman–Crippen LogP) is 4.13. The van der Waals surface area contributed by atoms with Gasteiger partial charge in [-0.1, -0.05) is 32.9 Å². The molecule has 1 fully saturated rings. The van der Waals surface area contributed by atoms with Gasteiger partial charge < -0.3 is 14.5 Å². The van der Waals surface area contributed by atoms with E-state index < -0.39 is 20.3 Å². The lowest BCUT2D eigenvalue weighted by Gasteiger charge is -2.51. The third kappa shape index (κ3) is 3.21. The van der Waals surface area contributed by atoms with Crippen LogP contribution in [0.2, 0.25) is 18.1 Å². The molecule has 1 aromatic carbocycles. The van der Waals surface area contributed by atoms with Gasteiger partial charge in [-0.2, -0.15) is 0 Å². The van der Waals surface area contributed by atoms with E-state index in [4.69, 9.17) is 4.43 Å². The normalized spacial score (nSPS) is 21.6. The highest BCUT2D eigenvalue weighted by molar-refractivity contribution is 6.74. The van der Waals surface area contributed by atoms with Crippen molar-refractivity contribution in [2.24, 2.45) is 0 Å². The summed E-state index contributed by atoms with van der Waals surface area (Å²) in [7, 11) is -2.40. The molecule has 2 N–H and O–H groups in total. The second-order valence-electron chi connectivity index (χ2n) is 8.78. The quantitative estimate of drug-likeness (QED) is 0.770. The molecular weight excluding hydrogens is 362 g/mol. The molecule has 7 nitrogen and oxygen atoms in total. The molecule has 148 valence electrons. The Bertz CT molecular complexity index is 912. The van der Waals surface area contributed by atoms with Crippen LogP contribution in [0.5, 0.6) is 0 Å². The lowest BCUT2D eigenvalue weighted by atomic mass is 10.1. The first-order valence-electron chi connectivity index (χ1n) is 9.41. The van der Waals surface area contributed by atoms with Gasteiger partial charge in [-0.05, 0) is 43.1 Å². The van der Waals surface area contributed by atoms with E-state index in [2.05, 4.69) is 38.8 Å². The van der Waals surface area contributed by atoms with Crippen molar-refractivity contribution in [1.29, 1.82) is 0 Å². The molecule has 0 saturated carbocycles. The Morgan fingerprint density at radius 2 is 1.93 bits per heavy atom. The summed E-state index contributed by atoms with van der Waals surface area (Å²) in [6.45, 7) is 10.8. The number of aromatic amines is 1. The average Bonchev–Trinajstić information content (AvgIpc) is 2.89. The smallest absolute Gasteiger partial charge is 0.411 e. The zero-order valence-electron chi connectivity index (χ0n) is 16.7. The number of fused-ring (bicyclic) bond motifs is 1. The number of amides is 1. The number of piperidine rings is 1. The van der Waals surface area contributed by atoms with Crippen molar-refractivity contribution < 1.29 is 14.3 Å². The number of likely N-dealkylation sites (tertiary alicyclic amines) is 1. The van der Waals surface area contributed by atoms with Crippen LogP contribution in [0, 0.1) is 0 Å². The van der Waals surface area contributed by atoms with Crippen molar-refractivity contribution in [2.75, 3.05) is 6.54 Å². The molecule has 2 aromatic rings. The first kappa shape index (κ1) is 19.7. The van der Waals surface area contributed by atoms with Crippen LogP contribution in [0.1, 0.15) is 40.0 Å². The molecule has 27 heavy (non-hydrogen) atoms. The van der Waals surface area contributed by atoms with E-state index >= 15 is 0 Å². The van der Waals surface area contributed by atoms with Crippen molar-refractivity contribution in [3.05, 3.63) is 34.7 Å². The van der Waals surface area contributed by atoms with Crippen LogP contribution in [0.15, 0.2) is 29.1 Å². The summed E-state index contributed by atoms with van der Waals surface area (Å²) >= 11 is 0. The Labute approximate surface area is 160 Å². The number of hydrogen-bond acceptors (Lipinski definition) is 3. The van der Waals surface area contributed by atoms with E-state index in [0.29, 0.717) is 24.0 Å². The summed E-state index contributed by atoms with van der Waals surface area (Å²) in [5.74, 6) is -1.33. The van der Waals surface area contributed by atoms with Crippen molar-refractivity contribution >= 4 is 25.4 Å². The number of imidazole rings is 1. The zero-order valence-corrected chi connectivity index (χ0v) is 17.7. The summed E-state index contributed by atoms with van der Waals surface area (Å²) in [5, 5.41) is 9.84. The topological polar surface area (TPSA) is 87.6 Å². The largest absolute Gasteiger partial charge is 0.465 e. The summed E-state index contributed by atoms with van der Waals surface area (Å²) in [6.07, 6.45) is 0.940. The van der Waals surface area contributed by atoms with E-state index in [-0.39, 0.29) is 10.7 Å². The van der Waals surface area contributed by atoms with Gasteiger partial charge in [0, 0.05) is 13.0 Å². The summed E-state index contributed by atoms with van der Waals surface area (Å²) in [4.78, 5) is 29.3. The minimum absolute atomic E-state index is 0.128. The number of carbonyl (C=O) groups is 1. The molecule has 1 aliphatic rings. The number of benzene rings is 1. The molecule has 0 aliphatic carbocycles. The molecule has 3 rings (SSSR count). The van der Waals surface area contributed by atoms with Gasteiger partial charge in [-0.15, -0.1) is 0 Å². The highest BCUT2D eigenvalue weighted by Gasteiger charge is 2.52. The molecule has 8 heteroatoms. The number of para-hydroxylation sites is 2. The minimum Gasteiger partial charge on any atom is -0.465 e. The van der Waals surface area contributed by atoms with Crippen LogP contribution in [0.4, 0.5) is 4.79 Å². The molecule has 0 spiro atoms. The summed E-state index contributed by atoms with van der Waals surface area (Å²) in [6, 6.07) is 7.35. The fourth-order valence-corrected chi connectivity index (χ4v) is 4.95. The van der Waals surface area contributed by atoms with E-state index in [9.17, 15) is 14.7 Å². The molecule has 2 heterocycles. The highest BCUT2D eigenvalue weighted by Crippen LogP contribution is 2.44. The van der Waals surface area contributed by atoms with Crippen LogP contribution in [0.3, 0.4) is 0 Å². The lowest BCUT2D eigenvalue weighted by Crippen LogP contribution is -2.64. The Morgan fingerprint density at radius 3 is 2.56 bits per heavy atom. The lowest BCUT2D eigenvalue weighted by molar-refractivity contribution is -0.164. The molecule has 0 radical (unpaired) electrons. The van der Waals surface area contributed by atoms with Crippen molar-refractivity contribution in [3.8, 4) is 0 Å². The molecule has 1 saturated heterocycles. The maximum absolute atomic E-state index is 13.0. The number of H-pyrrole nitrogens is 1. The molecule has 1 aromatic heterocycles. The first-order valence-corrected chi connectivity index (χ1v) is 12.3. The van der Waals surface area contributed by atoms with Crippen molar-refractivity contribution in [2.45, 2.75) is 64.0 Å². The molecule has 1 unspecified atom stereocenters. The van der Waals surface area contributed by atoms with Gasteiger partial charge in [0.1, 0.15) is 0 Å². The molecular formula is C19H29N3O4Si. The van der Waals surface area contributed by atoms with E-state index in [1.165, 1.54) is 9.47 Å². The second kappa shape index (κ2) is 6.52. The van der Waals surface area contributed by atoms with Crippen LogP contribution in [0.25, 0.3) is 11.0 Å². The van der Waals surface area contributed by atoms with Gasteiger partial charge in [0.05, 0.1) is 11.0 Å². The fraction of sp³-hybridized carbons (Fsp3) is 0.579. The average molecular weight is 392 g/mol. The van der Waals surface area contributed by atoms with Crippen LogP contribution in [-0.2, 0) is 10.3 Å². The van der Waals surface area contributed by atoms with Crippen molar-refractivity contribution in [1.82, 2.24) is 14.5 Å². The summed E-state index contributed by atoms with van der Waals surface area (Å²) in [5.41, 5.74) is 0.994. The van der Waals surface area contributed by atoms with Gasteiger partial charge in [-0.3, -0.25) is 4.90 Å². The van der Waals surface area contributed by atoms with Crippen molar-refractivity contribution in [3.63, 3.8) is 0 Å². The Kier molecular flexibility index (Phi) is 4.76.